The molecule has 1 aliphatic rings. The Hall–Kier alpha value is -0.370. The zero-order valence-electron chi connectivity index (χ0n) is 10.6. The number of nitrogens with one attached hydrogen (secondary N) is 1. The molecule has 0 aromatic carbocycles. The molecule has 1 saturated heterocycles. The molecule has 0 bridgehead atoms. The van der Waals surface area contributed by atoms with Crippen molar-refractivity contribution in [3.05, 3.63) is 0 Å². The van der Waals surface area contributed by atoms with Gasteiger partial charge in [0.2, 0.25) is 0 Å². The predicted octanol–water partition coefficient (Wildman–Crippen LogP) is 0.469. The lowest BCUT2D eigenvalue weighted by Gasteiger charge is -2.34. The van der Waals surface area contributed by atoms with Crippen molar-refractivity contribution >= 4 is 0 Å². The van der Waals surface area contributed by atoms with Gasteiger partial charge in [-0.25, -0.2) is 0 Å². The van der Waals surface area contributed by atoms with Crippen molar-refractivity contribution in [1.82, 2.24) is 10.2 Å². The van der Waals surface area contributed by atoms with Crippen molar-refractivity contribution < 1.29 is 23.0 Å². The summed E-state index contributed by atoms with van der Waals surface area (Å²) in [4.78, 5) is 1.26. The number of nitrogens with zero attached hydrogens (tertiary/aromatic N) is 1. The van der Waals surface area contributed by atoms with Crippen LogP contribution in [0, 0.1) is 5.41 Å². The molecular formula is C11H21F3N2O2. The van der Waals surface area contributed by atoms with Gasteiger partial charge >= 0.3 is 6.18 Å². The number of aliphatic hydroxyl groups excluding tert-OH is 1. The van der Waals surface area contributed by atoms with Crippen LogP contribution in [0.15, 0.2) is 0 Å². The highest BCUT2D eigenvalue weighted by atomic mass is 19.4. The lowest BCUT2D eigenvalue weighted by atomic mass is 9.86. The zero-order valence-corrected chi connectivity index (χ0v) is 10.6. The normalized spacial score (nSPS) is 25.0. The van der Waals surface area contributed by atoms with Gasteiger partial charge in [0.25, 0.3) is 0 Å². The minimum atomic E-state index is -4.24. The van der Waals surface area contributed by atoms with Crippen molar-refractivity contribution in [3.8, 4) is 0 Å². The van der Waals surface area contributed by atoms with Crippen LogP contribution in [0.2, 0.25) is 0 Å². The first-order valence-electron chi connectivity index (χ1n) is 6.03. The lowest BCUT2D eigenvalue weighted by molar-refractivity contribution is -0.150. The predicted molar refractivity (Wildman–Crippen MR) is 61.4 cm³/mol. The van der Waals surface area contributed by atoms with E-state index in [1.165, 1.54) is 4.90 Å². The van der Waals surface area contributed by atoms with Crippen LogP contribution in [0.4, 0.5) is 13.2 Å². The van der Waals surface area contributed by atoms with E-state index in [0.29, 0.717) is 19.8 Å². The van der Waals surface area contributed by atoms with E-state index in [1.807, 2.05) is 0 Å². The van der Waals surface area contributed by atoms with E-state index in [2.05, 4.69) is 5.32 Å². The summed E-state index contributed by atoms with van der Waals surface area (Å²) in [5.74, 6) is 0. The van der Waals surface area contributed by atoms with Crippen LogP contribution in [0.3, 0.4) is 0 Å². The highest BCUT2D eigenvalue weighted by Crippen LogP contribution is 2.30. The van der Waals surface area contributed by atoms with E-state index in [0.717, 1.165) is 6.42 Å². The quantitative estimate of drug-likeness (QED) is 0.706. The van der Waals surface area contributed by atoms with Gasteiger partial charge in [-0.3, -0.25) is 4.90 Å². The van der Waals surface area contributed by atoms with Crippen LogP contribution in [-0.4, -0.2) is 69.2 Å². The summed E-state index contributed by atoms with van der Waals surface area (Å²) >= 11 is 0. The molecule has 1 rings (SSSR count). The number of halogens is 3. The fourth-order valence-electron chi connectivity index (χ4n) is 2.43. The molecule has 4 nitrogen and oxygen atoms in total. The van der Waals surface area contributed by atoms with Crippen LogP contribution in [0.1, 0.15) is 6.42 Å². The van der Waals surface area contributed by atoms with E-state index in [4.69, 9.17) is 9.84 Å². The van der Waals surface area contributed by atoms with Crippen molar-refractivity contribution in [1.29, 1.82) is 0 Å². The molecule has 0 aromatic heterocycles. The number of alkyl halides is 3. The summed E-state index contributed by atoms with van der Waals surface area (Å²) in [6, 6.07) is 0. The third kappa shape index (κ3) is 5.09. The maximum atomic E-state index is 12.4. The maximum absolute atomic E-state index is 12.4. The van der Waals surface area contributed by atoms with Crippen LogP contribution < -0.4 is 5.32 Å². The monoisotopic (exact) mass is 270 g/mol. The molecule has 1 atom stereocenters. The number of hydrogen-bond donors (Lipinski definition) is 2. The van der Waals surface area contributed by atoms with Gasteiger partial charge in [-0.05, 0) is 13.5 Å². The molecule has 0 amide bonds. The molecule has 1 heterocycles. The molecule has 7 heteroatoms. The van der Waals surface area contributed by atoms with Gasteiger partial charge in [0.1, 0.15) is 0 Å². The Balaban J connectivity index is 2.62. The molecule has 2 N–H and O–H groups in total. The fourth-order valence-corrected chi connectivity index (χ4v) is 2.43. The fraction of sp³-hybridized carbons (Fsp3) is 1.00. The minimum Gasteiger partial charge on any atom is -0.395 e. The summed E-state index contributed by atoms with van der Waals surface area (Å²) < 4.78 is 42.6. The van der Waals surface area contributed by atoms with Crippen molar-refractivity contribution in [2.24, 2.45) is 5.41 Å². The first-order valence-corrected chi connectivity index (χ1v) is 6.03. The molecule has 0 aromatic rings. The highest BCUT2D eigenvalue weighted by Gasteiger charge is 2.39. The summed E-state index contributed by atoms with van der Waals surface area (Å²) in [5.41, 5.74) is -0.283. The Morgan fingerprint density at radius 3 is 2.61 bits per heavy atom. The second-order valence-electron chi connectivity index (χ2n) is 4.88. The Bertz CT molecular complexity index is 243. The number of aliphatic hydroxyl groups is 1. The van der Waals surface area contributed by atoms with Gasteiger partial charge in [0.15, 0.2) is 0 Å². The average Bonchev–Trinajstić information content (AvgIpc) is 2.64. The number of ether oxygens (including phenoxy) is 1. The van der Waals surface area contributed by atoms with Gasteiger partial charge in [-0.15, -0.1) is 0 Å². The Kier molecular flexibility index (Phi) is 5.84. The first-order chi connectivity index (χ1) is 8.41. The molecule has 1 aliphatic heterocycles. The second-order valence-corrected chi connectivity index (χ2v) is 4.88. The third-order valence-electron chi connectivity index (χ3n) is 3.11. The minimum absolute atomic E-state index is 0.0327. The summed E-state index contributed by atoms with van der Waals surface area (Å²) in [5, 5.41) is 11.9. The van der Waals surface area contributed by atoms with Gasteiger partial charge in [0.05, 0.1) is 19.8 Å². The molecule has 108 valence electrons. The molecule has 0 aliphatic carbocycles. The maximum Gasteiger partial charge on any atom is 0.401 e. The number of hydrogen-bond acceptors (Lipinski definition) is 4. The van der Waals surface area contributed by atoms with Crippen LogP contribution >= 0.6 is 0 Å². The van der Waals surface area contributed by atoms with Gasteiger partial charge in [-0.1, -0.05) is 0 Å². The van der Waals surface area contributed by atoms with Crippen molar-refractivity contribution in [2.45, 2.75) is 12.6 Å². The molecular weight excluding hydrogens is 249 g/mol. The third-order valence-corrected chi connectivity index (χ3v) is 3.11. The molecule has 18 heavy (non-hydrogen) atoms. The molecule has 0 spiro atoms. The average molecular weight is 270 g/mol. The molecule has 0 saturated carbocycles. The first kappa shape index (κ1) is 15.7. The largest absolute Gasteiger partial charge is 0.401 e. The van der Waals surface area contributed by atoms with Gasteiger partial charge in [0, 0.05) is 31.7 Å². The van der Waals surface area contributed by atoms with E-state index in [9.17, 15) is 13.2 Å². The second kappa shape index (κ2) is 6.70. The van der Waals surface area contributed by atoms with Gasteiger partial charge in [-0.2, -0.15) is 13.2 Å². The Morgan fingerprint density at radius 2 is 2.17 bits per heavy atom. The lowest BCUT2D eigenvalue weighted by Crippen LogP contribution is -2.47. The molecule has 0 radical (unpaired) electrons. The SMILES string of the molecule is CNCC1(CN(CCO)CC(F)(F)F)CCOC1. The van der Waals surface area contributed by atoms with E-state index >= 15 is 0 Å². The highest BCUT2D eigenvalue weighted by molar-refractivity contribution is 4.88. The summed E-state index contributed by atoms with van der Waals surface area (Å²) in [6.07, 6.45) is -3.50. The molecule has 1 unspecified atom stereocenters. The number of rotatable bonds is 7. The summed E-state index contributed by atoms with van der Waals surface area (Å²) in [7, 11) is 1.78. The van der Waals surface area contributed by atoms with Crippen LogP contribution in [0.5, 0.6) is 0 Å². The van der Waals surface area contributed by atoms with Crippen LogP contribution in [0.25, 0.3) is 0 Å². The standard InChI is InChI=1S/C11H21F3N2O2/c1-15-6-10(2-5-18-9-10)7-16(3-4-17)8-11(12,13)14/h15,17H,2-9H2,1H3. The summed E-state index contributed by atoms with van der Waals surface area (Å²) in [6.45, 7) is 0.728. The van der Waals surface area contributed by atoms with Crippen molar-refractivity contribution in [3.63, 3.8) is 0 Å². The van der Waals surface area contributed by atoms with Crippen LogP contribution in [-0.2, 0) is 4.74 Å². The molecule has 1 fully saturated rings. The Morgan fingerprint density at radius 1 is 1.44 bits per heavy atom. The van der Waals surface area contributed by atoms with Gasteiger partial charge < -0.3 is 15.2 Å². The van der Waals surface area contributed by atoms with E-state index in [1.54, 1.807) is 7.05 Å². The topological polar surface area (TPSA) is 44.7 Å². The smallest absolute Gasteiger partial charge is 0.395 e. The van der Waals surface area contributed by atoms with E-state index in [-0.39, 0.29) is 25.1 Å². The van der Waals surface area contributed by atoms with E-state index < -0.39 is 12.7 Å². The zero-order chi connectivity index (χ0) is 13.6. The van der Waals surface area contributed by atoms with Crippen molar-refractivity contribution in [2.75, 3.05) is 53.0 Å². The Labute approximate surface area is 105 Å².